The van der Waals surface area contributed by atoms with Gasteiger partial charge in [0.05, 0.1) is 19.4 Å². The van der Waals surface area contributed by atoms with E-state index in [1.54, 1.807) is 12.3 Å². The van der Waals surface area contributed by atoms with Crippen LogP contribution in [0.5, 0.6) is 0 Å². The molecule has 0 fully saturated rings. The number of furan rings is 1. The molecule has 98 valence electrons. The van der Waals surface area contributed by atoms with Crippen molar-refractivity contribution >= 4 is 0 Å². The van der Waals surface area contributed by atoms with Crippen molar-refractivity contribution in [1.29, 1.82) is 0 Å². The van der Waals surface area contributed by atoms with E-state index in [1.165, 1.54) is 0 Å². The van der Waals surface area contributed by atoms with E-state index in [2.05, 4.69) is 5.32 Å². The van der Waals surface area contributed by atoms with Gasteiger partial charge in [-0.3, -0.25) is 4.90 Å². The maximum Gasteiger partial charge on any atom is 0.401 e. The van der Waals surface area contributed by atoms with E-state index in [4.69, 9.17) is 4.42 Å². The summed E-state index contributed by atoms with van der Waals surface area (Å²) in [7, 11) is 1.85. The minimum atomic E-state index is -4.15. The van der Waals surface area contributed by atoms with Gasteiger partial charge in [0.2, 0.25) is 0 Å². The summed E-state index contributed by atoms with van der Waals surface area (Å²) in [6.45, 7) is 1.79. The molecule has 0 bridgehead atoms. The van der Waals surface area contributed by atoms with E-state index < -0.39 is 12.7 Å². The van der Waals surface area contributed by atoms with Crippen LogP contribution in [-0.2, 0) is 6.54 Å². The fraction of sp³-hybridized carbons (Fsp3) is 0.636. The van der Waals surface area contributed by atoms with Crippen LogP contribution in [-0.4, -0.2) is 37.3 Å². The minimum Gasteiger partial charge on any atom is -0.468 e. The second-order valence-electron chi connectivity index (χ2n) is 4.09. The van der Waals surface area contributed by atoms with Crippen LogP contribution in [0.2, 0.25) is 0 Å². The predicted octanol–water partition coefficient (Wildman–Crippen LogP) is 2.25. The Labute approximate surface area is 98.6 Å². The second-order valence-corrected chi connectivity index (χ2v) is 4.09. The Hall–Kier alpha value is -1.01. The van der Waals surface area contributed by atoms with Gasteiger partial charge in [0.1, 0.15) is 5.76 Å². The van der Waals surface area contributed by atoms with Crippen molar-refractivity contribution in [3.63, 3.8) is 0 Å². The number of rotatable bonds is 6. The summed E-state index contributed by atoms with van der Waals surface area (Å²) in [5.74, 6) is 0.801. The third kappa shape index (κ3) is 5.74. The van der Waals surface area contributed by atoms with E-state index in [0.717, 1.165) is 5.76 Å². The number of hydrogen-bond acceptors (Lipinski definition) is 3. The molecule has 1 N–H and O–H groups in total. The molecule has 0 amide bonds. The molecule has 0 aliphatic carbocycles. The van der Waals surface area contributed by atoms with E-state index in [0.29, 0.717) is 6.54 Å². The smallest absolute Gasteiger partial charge is 0.401 e. The summed E-state index contributed by atoms with van der Waals surface area (Å²) < 4.78 is 40.9. The lowest BCUT2D eigenvalue weighted by molar-refractivity contribution is -0.125. The molecular formula is C11H17F3N2O. The first-order chi connectivity index (χ1) is 7.88. The van der Waals surface area contributed by atoms with Gasteiger partial charge in [-0.05, 0) is 26.1 Å². The molecule has 1 unspecified atom stereocenters. The lowest BCUT2D eigenvalue weighted by Gasteiger charge is -2.24. The van der Waals surface area contributed by atoms with Crippen molar-refractivity contribution in [2.75, 3.05) is 20.1 Å². The molecule has 0 spiro atoms. The van der Waals surface area contributed by atoms with Crippen molar-refractivity contribution in [2.24, 2.45) is 0 Å². The molecular weight excluding hydrogens is 233 g/mol. The molecule has 0 aliphatic rings. The van der Waals surface area contributed by atoms with Gasteiger partial charge >= 0.3 is 6.18 Å². The monoisotopic (exact) mass is 250 g/mol. The van der Waals surface area contributed by atoms with Crippen molar-refractivity contribution in [3.05, 3.63) is 24.2 Å². The van der Waals surface area contributed by atoms with Crippen LogP contribution >= 0.6 is 0 Å². The van der Waals surface area contributed by atoms with Gasteiger partial charge in [0.25, 0.3) is 0 Å². The Kier molecular flexibility index (Phi) is 5.02. The van der Waals surface area contributed by atoms with Crippen LogP contribution in [0.15, 0.2) is 22.8 Å². The number of likely N-dealkylation sites (N-methyl/N-ethyl adjacent to an activating group) is 1. The Morgan fingerprint density at radius 2 is 2.18 bits per heavy atom. The fourth-order valence-electron chi connectivity index (χ4n) is 1.38. The molecule has 3 nitrogen and oxygen atoms in total. The maximum absolute atomic E-state index is 11.9. The summed E-state index contributed by atoms with van der Waals surface area (Å²) in [6.07, 6.45) is -2.57. The zero-order valence-corrected chi connectivity index (χ0v) is 9.92. The molecule has 17 heavy (non-hydrogen) atoms. The molecule has 0 radical (unpaired) electrons. The van der Waals surface area contributed by atoms with Gasteiger partial charge in [-0.25, -0.2) is 0 Å². The normalized spacial score (nSPS) is 14.2. The topological polar surface area (TPSA) is 28.4 Å². The van der Waals surface area contributed by atoms with Gasteiger partial charge in [-0.1, -0.05) is 0 Å². The Balaban J connectivity index is 2.25. The number of alkyl halides is 3. The van der Waals surface area contributed by atoms with Crippen LogP contribution in [0, 0.1) is 0 Å². The molecule has 1 aromatic rings. The van der Waals surface area contributed by atoms with Crippen LogP contribution in [0.3, 0.4) is 0 Å². The molecule has 0 saturated heterocycles. The van der Waals surface area contributed by atoms with Gasteiger partial charge in [0, 0.05) is 12.6 Å². The average molecular weight is 250 g/mol. The Bertz CT molecular complexity index is 311. The van der Waals surface area contributed by atoms with E-state index >= 15 is 0 Å². The second kappa shape index (κ2) is 6.07. The number of hydrogen-bond donors (Lipinski definition) is 1. The van der Waals surface area contributed by atoms with Crippen LogP contribution in [0.4, 0.5) is 13.2 Å². The fourth-order valence-corrected chi connectivity index (χ4v) is 1.38. The highest BCUT2D eigenvalue weighted by atomic mass is 19.4. The molecule has 0 aromatic carbocycles. The molecule has 1 aromatic heterocycles. The summed E-state index contributed by atoms with van der Waals surface area (Å²) in [6, 6.07) is 3.63. The highest BCUT2D eigenvalue weighted by Gasteiger charge is 2.26. The predicted molar refractivity (Wildman–Crippen MR) is 58.6 cm³/mol. The van der Waals surface area contributed by atoms with E-state index in [-0.39, 0.29) is 12.6 Å². The van der Waals surface area contributed by atoms with Crippen molar-refractivity contribution < 1.29 is 17.6 Å². The van der Waals surface area contributed by atoms with Gasteiger partial charge in [-0.15, -0.1) is 0 Å². The third-order valence-electron chi connectivity index (χ3n) is 2.50. The molecule has 0 saturated carbocycles. The third-order valence-corrected chi connectivity index (χ3v) is 2.50. The summed E-state index contributed by atoms with van der Waals surface area (Å²) >= 11 is 0. The molecule has 1 heterocycles. The van der Waals surface area contributed by atoms with E-state index in [1.807, 2.05) is 24.9 Å². The molecule has 1 rings (SSSR count). The zero-order valence-electron chi connectivity index (χ0n) is 9.92. The number of halogens is 3. The molecule has 6 heteroatoms. The first kappa shape index (κ1) is 14.1. The van der Waals surface area contributed by atoms with E-state index in [9.17, 15) is 13.2 Å². The number of nitrogens with zero attached hydrogens (tertiary/aromatic N) is 1. The quantitative estimate of drug-likeness (QED) is 0.839. The lowest BCUT2D eigenvalue weighted by atomic mass is 10.3. The van der Waals surface area contributed by atoms with Crippen LogP contribution < -0.4 is 5.32 Å². The molecule has 1 atom stereocenters. The van der Waals surface area contributed by atoms with Crippen molar-refractivity contribution in [1.82, 2.24) is 10.2 Å². The molecule has 0 aliphatic heterocycles. The summed E-state index contributed by atoms with van der Waals surface area (Å²) in [5.41, 5.74) is 0. The summed E-state index contributed by atoms with van der Waals surface area (Å²) in [4.78, 5) is 1.93. The summed E-state index contributed by atoms with van der Waals surface area (Å²) in [5, 5.41) is 2.39. The Morgan fingerprint density at radius 1 is 1.47 bits per heavy atom. The maximum atomic E-state index is 11.9. The SMILES string of the molecule is CC(CNCC(F)(F)F)N(C)Cc1ccco1. The first-order valence-electron chi connectivity index (χ1n) is 5.38. The van der Waals surface area contributed by atoms with Gasteiger partial charge in [0.15, 0.2) is 0 Å². The highest BCUT2D eigenvalue weighted by molar-refractivity contribution is 4.97. The standard InChI is InChI=1S/C11H17F3N2O/c1-9(6-15-8-11(12,13)14)16(2)7-10-4-3-5-17-10/h3-5,9,15H,6-8H2,1-2H3. The average Bonchev–Trinajstić information content (AvgIpc) is 2.68. The highest BCUT2D eigenvalue weighted by Crippen LogP contribution is 2.12. The Morgan fingerprint density at radius 3 is 2.71 bits per heavy atom. The lowest BCUT2D eigenvalue weighted by Crippen LogP contribution is -2.40. The van der Waals surface area contributed by atoms with Gasteiger partial charge < -0.3 is 9.73 Å². The van der Waals surface area contributed by atoms with Crippen molar-refractivity contribution in [2.45, 2.75) is 25.7 Å². The van der Waals surface area contributed by atoms with Crippen LogP contribution in [0.1, 0.15) is 12.7 Å². The van der Waals surface area contributed by atoms with Gasteiger partial charge in [-0.2, -0.15) is 13.2 Å². The van der Waals surface area contributed by atoms with Crippen LogP contribution in [0.25, 0.3) is 0 Å². The van der Waals surface area contributed by atoms with Crippen molar-refractivity contribution in [3.8, 4) is 0 Å². The number of nitrogens with one attached hydrogen (secondary N) is 1. The largest absolute Gasteiger partial charge is 0.468 e. The minimum absolute atomic E-state index is 0.00227. The zero-order chi connectivity index (χ0) is 12.9. The first-order valence-corrected chi connectivity index (χ1v) is 5.38.